The molecule has 2 aliphatic rings. The van der Waals surface area contributed by atoms with E-state index < -0.39 is 0 Å². The molecule has 2 nitrogen and oxygen atoms in total. The van der Waals surface area contributed by atoms with Crippen LogP contribution in [0.3, 0.4) is 0 Å². The molecule has 2 fully saturated rings. The smallest absolute Gasteiger partial charge is 0.0695 e. The van der Waals surface area contributed by atoms with Gasteiger partial charge in [0.15, 0.2) is 0 Å². The van der Waals surface area contributed by atoms with Gasteiger partial charge in [0.1, 0.15) is 0 Å². The summed E-state index contributed by atoms with van der Waals surface area (Å²) in [5, 5.41) is 10.4. The lowest BCUT2D eigenvalue weighted by atomic mass is 9.80. The van der Waals surface area contributed by atoms with Gasteiger partial charge in [0.25, 0.3) is 0 Å². The average molecular weight is 253 g/mol. The van der Waals surface area contributed by atoms with Gasteiger partial charge in [-0.1, -0.05) is 26.7 Å². The fraction of sp³-hybridized carbons (Fsp3) is 1.00. The normalized spacial score (nSPS) is 42.3. The third-order valence-corrected chi connectivity index (χ3v) is 5.29. The molecule has 106 valence electrons. The lowest BCUT2D eigenvalue weighted by Gasteiger charge is -2.43. The Morgan fingerprint density at radius 1 is 1.11 bits per heavy atom. The Morgan fingerprint density at radius 3 is 2.56 bits per heavy atom. The Labute approximate surface area is 113 Å². The number of likely N-dealkylation sites (tertiary alicyclic amines) is 1. The molecule has 0 amide bonds. The van der Waals surface area contributed by atoms with Crippen molar-refractivity contribution in [2.75, 3.05) is 0 Å². The van der Waals surface area contributed by atoms with Crippen molar-refractivity contribution in [3.05, 3.63) is 0 Å². The minimum atomic E-state index is -0.0762. The van der Waals surface area contributed by atoms with Crippen LogP contribution in [0.5, 0.6) is 0 Å². The summed E-state index contributed by atoms with van der Waals surface area (Å²) >= 11 is 0. The Bertz CT molecular complexity index is 255. The largest absolute Gasteiger partial charge is 0.391 e. The van der Waals surface area contributed by atoms with Crippen LogP contribution in [0.2, 0.25) is 0 Å². The summed E-state index contributed by atoms with van der Waals surface area (Å²) in [6.45, 7) is 6.94. The molecular formula is C16H31NO. The van der Waals surface area contributed by atoms with Crippen LogP contribution in [-0.4, -0.2) is 34.2 Å². The maximum atomic E-state index is 10.4. The molecule has 1 saturated heterocycles. The van der Waals surface area contributed by atoms with Gasteiger partial charge in [-0.05, 0) is 51.4 Å². The quantitative estimate of drug-likeness (QED) is 0.828. The molecule has 1 aliphatic heterocycles. The van der Waals surface area contributed by atoms with E-state index in [1.807, 2.05) is 0 Å². The van der Waals surface area contributed by atoms with E-state index in [1.54, 1.807) is 0 Å². The highest BCUT2D eigenvalue weighted by molar-refractivity contribution is 4.95. The molecule has 1 heterocycles. The second kappa shape index (κ2) is 6.38. The van der Waals surface area contributed by atoms with E-state index in [-0.39, 0.29) is 6.10 Å². The maximum absolute atomic E-state index is 10.4. The molecule has 0 aromatic heterocycles. The number of rotatable bonds is 4. The van der Waals surface area contributed by atoms with Crippen LogP contribution in [0.15, 0.2) is 0 Å². The minimum absolute atomic E-state index is 0.0762. The molecule has 1 aliphatic carbocycles. The number of hydrogen-bond acceptors (Lipinski definition) is 2. The predicted molar refractivity (Wildman–Crippen MR) is 76.7 cm³/mol. The molecule has 0 radical (unpaired) electrons. The summed E-state index contributed by atoms with van der Waals surface area (Å²) < 4.78 is 0. The van der Waals surface area contributed by atoms with Gasteiger partial charge in [-0.15, -0.1) is 0 Å². The van der Waals surface area contributed by atoms with Gasteiger partial charge in [0.2, 0.25) is 0 Å². The van der Waals surface area contributed by atoms with Crippen LogP contribution in [-0.2, 0) is 0 Å². The summed E-state index contributed by atoms with van der Waals surface area (Å²) in [7, 11) is 0. The van der Waals surface area contributed by atoms with Crippen molar-refractivity contribution in [2.24, 2.45) is 5.92 Å². The number of nitrogens with zero attached hydrogens (tertiary/aromatic N) is 1. The van der Waals surface area contributed by atoms with Crippen molar-refractivity contribution in [3.8, 4) is 0 Å². The van der Waals surface area contributed by atoms with E-state index in [4.69, 9.17) is 0 Å². The van der Waals surface area contributed by atoms with E-state index in [9.17, 15) is 5.11 Å². The van der Waals surface area contributed by atoms with E-state index in [1.165, 1.54) is 44.9 Å². The highest BCUT2D eigenvalue weighted by Gasteiger charge is 2.40. The van der Waals surface area contributed by atoms with Gasteiger partial charge in [-0.25, -0.2) is 0 Å². The van der Waals surface area contributed by atoms with Crippen LogP contribution in [0, 0.1) is 5.92 Å². The Balaban J connectivity index is 2.04. The van der Waals surface area contributed by atoms with E-state index in [2.05, 4.69) is 25.7 Å². The van der Waals surface area contributed by atoms with Gasteiger partial charge >= 0.3 is 0 Å². The number of aliphatic hydroxyl groups is 1. The third kappa shape index (κ3) is 2.91. The standard InChI is InChI=1S/C16H31NO/c1-4-6-13-8-10-16(18)15(11-13)17-12(3)7-9-14(17)5-2/h12-16,18H,4-11H2,1-3H3. The molecule has 0 aromatic carbocycles. The summed E-state index contributed by atoms with van der Waals surface area (Å²) in [4.78, 5) is 2.67. The van der Waals surface area contributed by atoms with Crippen molar-refractivity contribution < 1.29 is 5.11 Å². The highest BCUT2D eigenvalue weighted by Crippen LogP contribution is 2.37. The second-order valence-electron chi connectivity index (χ2n) is 6.54. The zero-order chi connectivity index (χ0) is 13.1. The topological polar surface area (TPSA) is 23.5 Å². The van der Waals surface area contributed by atoms with Crippen LogP contribution in [0.4, 0.5) is 0 Å². The Morgan fingerprint density at radius 2 is 1.89 bits per heavy atom. The zero-order valence-electron chi connectivity index (χ0n) is 12.4. The van der Waals surface area contributed by atoms with Crippen molar-refractivity contribution in [1.29, 1.82) is 0 Å². The van der Waals surface area contributed by atoms with Gasteiger partial charge in [0.05, 0.1) is 6.10 Å². The third-order valence-electron chi connectivity index (χ3n) is 5.29. The highest BCUT2D eigenvalue weighted by atomic mass is 16.3. The first-order valence-electron chi connectivity index (χ1n) is 8.12. The molecule has 18 heavy (non-hydrogen) atoms. The first kappa shape index (κ1) is 14.3. The van der Waals surface area contributed by atoms with Crippen LogP contribution in [0.25, 0.3) is 0 Å². The van der Waals surface area contributed by atoms with Gasteiger partial charge in [-0.2, -0.15) is 0 Å². The van der Waals surface area contributed by atoms with Gasteiger partial charge in [0, 0.05) is 18.1 Å². The molecule has 1 N–H and O–H groups in total. The minimum Gasteiger partial charge on any atom is -0.391 e. The van der Waals surface area contributed by atoms with E-state index in [0.29, 0.717) is 12.1 Å². The monoisotopic (exact) mass is 253 g/mol. The lowest BCUT2D eigenvalue weighted by Crippen LogP contribution is -2.51. The van der Waals surface area contributed by atoms with E-state index >= 15 is 0 Å². The molecule has 2 heteroatoms. The zero-order valence-corrected chi connectivity index (χ0v) is 12.4. The molecule has 5 atom stereocenters. The number of hydrogen-bond donors (Lipinski definition) is 1. The second-order valence-corrected chi connectivity index (χ2v) is 6.54. The van der Waals surface area contributed by atoms with Crippen molar-refractivity contribution >= 4 is 0 Å². The summed E-state index contributed by atoms with van der Waals surface area (Å²) in [6.07, 6.45) is 9.95. The van der Waals surface area contributed by atoms with Crippen LogP contribution >= 0.6 is 0 Å². The predicted octanol–water partition coefficient (Wildman–Crippen LogP) is 3.58. The SMILES string of the molecule is CCCC1CCC(O)C(N2C(C)CCC2CC)C1. The molecular weight excluding hydrogens is 222 g/mol. The fourth-order valence-corrected chi connectivity index (χ4v) is 4.31. The van der Waals surface area contributed by atoms with Crippen molar-refractivity contribution in [2.45, 2.75) is 96.4 Å². The summed E-state index contributed by atoms with van der Waals surface area (Å²) in [5.41, 5.74) is 0. The lowest BCUT2D eigenvalue weighted by molar-refractivity contribution is -0.0190. The van der Waals surface area contributed by atoms with Gasteiger partial charge in [-0.3, -0.25) is 4.90 Å². The van der Waals surface area contributed by atoms with Crippen molar-refractivity contribution in [3.63, 3.8) is 0 Å². The van der Waals surface area contributed by atoms with E-state index in [0.717, 1.165) is 18.4 Å². The fourth-order valence-electron chi connectivity index (χ4n) is 4.31. The number of aliphatic hydroxyl groups excluding tert-OH is 1. The van der Waals surface area contributed by atoms with Crippen LogP contribution in [0.1, 0.15) is 72.1 Å². The Hall–Kier alpha value is -0.0800. The first-order valence-corrected chi connectivity index (χ1v) is 8.12. The summed E-state index contributed by atoms with van der Waals surface area (Å²) in [6, 6.07) is 1.84. The molecule has 5 unspecified atom stereocenters. The maximum Gasteiger partial charge on any atom is 0.0695 e. The van der Waals surface area contributed by atoms with Gasteiger partial charge < -0.3 is 5.11 Å². The first-order chi connectivity index (χ1) is 8.67. The Kier molecular flexibility index (Phi) is 5.08. The summed E-state index contributed by atoms with van der Waals surface area (Å²) in [5.74, 6) is 0.855. The average Bonchev–Trinajstić information content (AvgIpc) is 2.73. The molecule has 1 saturated carbocycles. The molecule has 0 spiro atoms. The van der Waals surface area contributed by atoms with Crippen molar-refractivity contribution in [1.82, 2.24) is 4.90 Å². The van der Waals surface area contributed by atoms with Crippen LogP contribution < -0.4 is 0 Å². The molecule has 0 bridgehead atoms. The molecule has 2 rings (SSSR count). The molecule has 0 aromatic rings.